The van der Waals surface area contributed by atoms with Gasteiger partial charge >= 0.3 is 5.97 Å². The van der Waals surface area contributed by atoms with Gasteiger partial charge in [0, 0.05) is 18.6 Å². The molecule has 3 amide bonds. The molecule has 11 nitrogen and oxygen atoms in total. The Balaban J connectivity index is 1.90. The smallest absolute Gasteiger partial charge is 0.330 e. The molecule has 0 bridgehead atoms. The Bertz CT molecular complexity index is 1130. The number of carboxylic acid groups (broad SMARTS) is 1. The molecule has 0 radical (unpaired) electrons. The van der Waals surface area contributed by atoms with Gasteiger partial charge in [-0.25, -0.2) is 4.79 Å². The minimum Gasteiger partial charge on any atom is -0.479 e. The summed E-state index contributed by atoms with van der Waals surface area (Å²) in [6, 6.07) is 11.6. The molecular weight excluding hydrogens is 470 g/mol. The number of nitrogens with one attached hydrogen (secondary N) is 1. The zero-order valence-electron chi connectivity index (χ0n) is 19.8. The lowest BCUT2D eigenvalue weighted by atomic mass is 9.98. The Morgan fingerprint density at radius 3 is 2.25 bits per heavy atom. The van der Waals surface area contributed by atoms with Gasteiger partial charge in [-0.1, -0.05) is 44.2 Å². The molecule has 2 N–H and O–H groups in total. The molecule has 36 heavy (non-hydrogen) atoms. The minimum atomic E-state index is -1.42. The van der Waals surface area contributed by atoms with Crippen molar-refractivity contribution in [1.29, 1.82) is 0 Å². The number of imide groups is 1. The fourth-order valence-corrected chi connectivity index (χ4v) is 4.07. The van der Waals surface area contributed by atoms with E-state index in [1.165, 1.54) is 24.3 Å². The molecular formula is C25H27N3O8. The molecule has 3 rings (SSSR count). The van der Waals surface area contributed by atoms with Gasteiger partial charge in [-0.2, -0.15) is 0 Å². The van der Waals surface area contributed by atoms with Gasteiger partial charge in [-0.05, 0) is 30.5 Å². The van der Waals surface area contributed by atoms with E-state index < -0.39 is 52.8 Å². The van der Waals surface area contributed by atoms with Crippen LogP contribution in [-0.4, -0.2) is 45.9 Å². The minimum absolute atomic E-state index is 0.132. The van der Waals surface area contributed by atoms with E-state index in [0.717, 1.165) is 4.90 Å². The second kappa shape index (κ2) is 11.5. The van der Waals surface area contributed by atoms with Crippen molar-refractivity contribution in [2.24, 2.45) is 5.92 Å². The highest BCUT2D eigenvalue weighted by Gasteiger charge is 2.48. The molecule has 2 aromatic carbocycles. The number of anilines is 1. The van der Waals surface area contributed by atoms with Gasteiger partial charge in [0.25, 0.3) is 11.6 Å². The first-order valence-electron chi connectivity index (χ1n) is 11.5. The largest absolute Gasteiger partial charge is 0.479 e. The summed E-state index contributed by atoms with van der Waals surface area (Å²) in [5.41, 5.74) is 0.262. The standard InChI is InChI=1S/C25H27N3O8/c1-3-18(4-2)36-22(23(30)26-21(25(32)33)15-8-6-5-7-9-15)19-14-20(29)27(24(19)31)16-10-12-17(13-11-16)28(34)35/h5-13,18-19,21-22H,3-4,14H2,1-2H3,(H,26,30)(H,32,33)/t19-,21-,22+/m0/s1. The fourth-order valence-electron chi connectivity index (χ4n) is 4.07. The van der Waals surface area contributed by atoms with E-state index in [0.29, 0.717) is 18.4 Å². The molecule has 1 saturated heterocycles. The highest BCUT2D eigenvalue weighted by molar-refractivity contribution is 6.22. The first-order valence-corrected chi connectivity index (χ1v) is 11.5. The molecule has 0 aromatic heterocycles. The summed E-state index contributed by atoms with van der Waals surface area (Å²) in [6.07, 6.45) is -1.10. The van der Waals surface area contributed by atoms with Crippen molar-refractivity contribution in [3.8, 4) is 0 Å². The Morgan fingerprint density at radius 2 is 1.72 bits per heavy atom. The number of ether oxygens (including phenoxy) is 1. The normalized spacial score (nSPS) is 17.2. The van der Waals surface area contributed by atoms with E-state index in [4.69, 9.17) is 4.74 Å². The van der Waals surface area contributed by atoms with E-state index >= 15 is 0 Å². The second-order valence-electron chi connectivity index (χ2n) is 8.34. The van der Waals surface area contributed by atoms with Crippen LogP contribution in [-0.2, 0) is 23.9 Å². The third kappa shape index (κ3) is 5.74. The summed E-state index contributed by atoms with van der Waals surface area (Å²) in [7, 11) is 0. The van der Waals surface area contributed by atoms with Crippen LogP contribution < -0.4 is 10.2 Å². The number of carbonyl (C=O) groups excluding carboxylic acids is 3. The fraction of sp³-hybridized carbons (Fsp3) is 0.360. The number of amides is 3. The Morgan fingerprint density at radius 1 is 1.11 bits per heavy atom. The topological polar surface area (TPSA) is 156 Å². The summed E-state index contributed by atoms with van der Waals surface area (Å²) in [5, 5.41) is 23.1. The molecule has 2 aromatic rings. The maximum Gasteiger partial charge on any atom is 0.330 e. The van der Waals surface area contributed by atoms with Crippen LogP contribution in [0.3, 0.4) is 0 Å². The molecule has 0 spiro atoms. The van der Waals surface area contributed by atoms with Crippen LogP contribution in [0.4, 0.5) is 11.4 Å². The number of benzene rings is 2. The van der Waals surface area contributed by atoms with E-state index in [1.54, 1.807) is 30.3 Å². The van der Waals surface area contributed by atoms with Crippen molar-refractivity contribution in [3.05, 3.63) is 70.3 Å². The molecule has 1 fully saturated rings. The van der Waals surface area contributed by atoms with Crippen LogP contribution in [0.5, 0.6) is 0 Å². The molecule has 1 aliphatic rings. The molecule has 0 unspecified atom stereocenters. The quantitative estimate of drug-likeness (QED) is 0.273. The van der Waals surface area contributed by atoms with Crippen LogP contribution in [0, 0.1) is 16.0 Å². The number of hydrogen-bond donors (Lipinski definition) is 2. The zero-order valence-corrected chi connectivity index (χ0v) is 19.8. The lowest BCUT2D eigenvalue weighted by Crippen LogP contribution is -2.48. The average Bonchev–Trinajstić information content (AvgIpc) is 3.16. The second-order valence-corrected chi connectivity index (χ2v) is 8.34. The van der Waals surface area contributed by atoms with Crippen molar-refractivity contribution < 1.29 is 33.9 Å². The SMILES string of the molecule is CCC(CC)O[C@@H](C(=O)N[C@H](C(=O)O)c1ccccc1)[C@@H]1CC(=O)N(c2ccc([N+](=O)[O-])cc2)C1=O. The van der Waals surface area contributed by atoms with Crippen molar-refractivity contribution in [2.45, 2.75) is 51.4 Å². The maximum atomic E-state index is 13.3. The number of nitro groups is 1. The molecule has 11 heteroatoms. The van der Waals surface area contributed by atoms with Crippen molar-refractivity contribution >= 4 is 35.1 Å². The van der Waals surface area contributed by atoms with Crippen LogP contribution in [0.1, 0.15) is 44.7 Å². The summed E-state index contributed by atoms with van der Waals surface area (Å²) in [5.74, 6) is -4.61. The van der Waals surface area contributed by atoms with E-state index in [2.05, 4.69) is 5.32 Å². The number of nitro benzene ring substituents is 1. The Hall–Kier alpha value is -4.12. The number of carboxylic acids is 1. The Labute approximate surface area is 207 Å². The van der Waals surface area contributed by atoms with Crippen molar-refractivity contribution in [2.75, 3.05) is 4.90 Å². The zero-order chi connectivity index (χ0) is 26.4. The number of hydrogen-bond acceptors (Lipinski definition) is 7. The first kappa shape index (κ1) is 26.5. The van der Waals surface area contributed by atoms with Crippen LogP contribution in [0.15, 0.2) is 54.6 Å². The summed E-state index contributed by atoms with van der Waals surface area (Å²) >= 11 is 0. The Kier molecular flexibility index (Phi) is 8.49. The molecule has 1 heterocycles. The highest BCUT2D eigenvalue weighted by atomic mass is 16.6. The third-order valence-corrected chi connectivity index (χ3v) is 6.04. The monoisotopic (exact) mass is 497 g/mol. The number of nitrogens with zero attached hydrogens (tertiary/aromatic N) is 2. The van der Waals surface area contributed by atoms with E-state index in [1.807, 2.05) is 13.8 Å². The van der Waals surface area contributed by atoms with Crippen molar-refractivity contribution in [3.63, 3.8) is 0 Å². The number of non-ortho nitro benzene ring substituents is 1. The van der Waals surface area contributed by atoms with Crippen LogP contribution in [0.2, 0.25) is 0 Å². The molecule has 0 aliphatic carbocycles. The van der Waals surface area contributed by atoms with Crippen LogP contribution >= 0.6 is 0 Å². The van der Waals surface area contributed by atoms with Gasteiger partial charge in [0.2, 0.25) is 11.8 Å². The predicted octanol–water partition coefficient (Wildman–Crippen LogP) is 2.99. The average molecular weight is 498 g/mol. The van der Waals surface area contributed by atoms with Gasteiger partial charge in [-0.3, -0.25) is 29.4 Å². The molecule has 1 aliphatic heterocycles. The molecule has 0 saturated carbocycles. The van der Waals surface area contributed by atoms with Gasteiger partial charge in [0.15, 0.2) is 6.04 Å². The maximum absolute atomic E-state index is 13.3. The number of aliphatic carboxylic acids is 1. The van der Waals surface area contributed by atoms with Crippen molar-refractivity contribution in [1.82, 2.24) is 5.32 Å². The molecule has 3 atom stereocenters. The van der Waals surface area contributed by atoms with Crippen LogP contribution in [0.25, 0.3) is 0 Å². The predicted molar refractivity (Wildman–Crippen MR) is 128 cm³/mol. The lowest BCUT2D eigenvalue weighted by Gasteiger charge is -2.27. The number of carbonyl (C=O) groups is 4. The molecule has 190 valence electrons. The van der Waals surface area contributed by atoms with Gasteiger partial charge < -0.3 is 15.2 Å². The third-order valence-electron chi connectivity index (χ3n) is 6.04. The van der Waals surface area contributed by atoms with E-state index in [9.17, 15) is 34.4 Å². The number of rotatable bonds is 11. The highest BCUT2D eigenvalue weighted by Crippen LogP contribution is 2.32. The van der Waals surface area contributed by atoms with Gasteiger partial charge in [0.1, 0.15) is 6.10 Å². The van der Waals surface area contributed by atoms with E-state index in [-0.39, 0.29) is 17.8 Å². The lowest BCUT2D eigenvalue weighted by molar-refractivity contribution is -0.384. The van der Waals surface area contributed by atoms with Gasteiger partial charge in [0.05, 0.1) is 22.6 Å². The summed E-state index contributed by atoms with van der Waals surface area (Å²) in [4.78, 5) is 62.6. The summed E-state index contributed by atoms with van der Waals surface area (Å²) < 4.78 is 5.97. The van der Waals surface area contributed by atoms with Gasteiger partial charge in [-0.15, -0.1) is 0 Å². The summed E-state index contributed by atoms with van der Waals surface area (Å²) in [6.45, 7) is 3.69. The first-order chi connectivity index (χ1) is 17.2.